The summed E-state index contributed by atoms with van der Waals surface area (Å²) in [5.74, 6) is 0.710. The van der Waals surface area contributed by atoms with Crippen molar-refractivity contribution in [3.8, 4) is 5.88 Å². The van der Waals surface area contributed by atoms with E-state index < -0.39 is 0 Å². The van der Waals surface area contributed by atoms with E-state index in [1.807, 2.05) is 26.0 Å². The van der Waals surface area contributed by atoms with Crippen LogP contribution in [-0.4, -0.2) is 21.9 Å². The summed E-state index contributed by atoms with van der Waals surface area (Å²) in [6.45, 7) is 4.00. The van der Waals surface area contributed by atoms with E-state index in [4.69, 9.17) is 4.74 Å². The molecule has 0 saturated heterocycles. The first kappa shape index (κ1) is 15.4. The lowest BCUT2D eigenvalue weighted by Gasteiger charge is -2.12. The molecule has 0 spiro atoms. The lowest BCUT2D eigenvalue weighted by atomic mass is 10.1. The van der Waals surface area contributed by atoms with Crippen molar-refractivity contribution in [2.75, 3.05) is 0 Å². The average Bonchev–Trinajstić information content (AvgIpc) is 2.94. The van der Waals surface area contributed by atoms with Crippen LogP contribution in [0, 0.1) is 13.8 Å². The van der Waals surface area contributed by atoms with Crippen molar-refractivity contribution < 1.29 is 9.53 Å². The molecule has 0 radical (unpaired) electrons. The van der Waals surface area contributed by atoms with E-state index in [0.717, 1.165) is 36.1 Å². The molecule has 4 nitrogen and oxygen atoms in total. The van der Waals surface area contributed by atoms with Gasteiger partial charge in [0.2, 0.25) is 5.88 Å². The minimum Gasteiger partial charge on any atom is -0.474 e. The van der Waals surface area contributed by atoms with Gasteiger partial charge in [0.15, 0.2) is 5.78 Å². The Balaban J connectivity index is 1.64. The summed E-state index contributed by atoms with van der Waals surface area (Å²) in [7, 11) is 0. The van der Waals surface area contributed by atoms with Crippen molar-refractivity contribution in [2.45, 2.75) is 39.2 Å². The molecule has 2 aromatic heterocycles. The number of carbonyl (C=O) groups is 1. The fourth-order valence-corrected chi connectivity index (χ4v) is 2.89. The molecular formula is C19H20N2O2. The molecule has 2 aromatic rings. The summed E-state index contributed by atoms with van der Waals surface area (Å²) in [5.41, 5.74) is 3.92. The van der Waals surface area contributed by atoms with Gasteiger partial charge >= 0.3 is 0 Å². The van der Waals surface area contributed by atoms with Crippen LogP contribution in [0.2, 0.25) is 0 Å². The monoisotopic (exact) mass is 308 g/mol. The summed E-state index contributed by atoms with van der Waals surface area (Å²) in [5, 5.41) is 0. The molecule has 0 N–H and O–H groups in total. The highest BCUT2D eigenvalue weighted by Crippen LogP contribution is 2.28. The zero-order chi connectivity index (χ0) is 16.2. The zero-order valence-corrected chi connectivity index (χ0v) is 13.5. The highest BCUT2D eigenvalue weighted by molar-refractivity contribution is 6.04. The van der Waals surface area contributed by atoms with Crippen LogP contribution in [0.25, 0.3) is 0 Å². The van der Waals surface area contributed by atoms with Gasteiger partial charge in [-0.2, -0.15) is 0 Å². The van der Waals surface area contributed by atoms with Crippen LogP contribution in [0.15, 0.2) is 48.3 Å². The van der Waals surface area contributed by atoms with Gasteiger partial charge in [0.1, 0.15) is 6.10 Å². The number of ketones is 1. The summed E-state index contributed by atoms with van der Waals surface area (Å²) >= 11 is 0. The number of hydrogen-bond acceptors (Lipinski definition) is 4. The topological polar surface area (TPSA) is 52.1 Å². The Hall–Kier alpha value is -2.49. The molecule has 1 aliphatic carbocycles. The Morgan fingerprint density at radius 1 is 1.26 bits per heavy atom. The number of ether oxygens (including phenoxy) is 1. The first-order valence-corrected chi connectivity index (χ1v) is 7.86. The van der Waals surface area contributed by atoms with Gasteiger partial charge in [0.25, 0.3) is 0 Å². The van der Waals surface area contributed by atoms with E-state index in [1.54, 1.807) is 30.6 Å². The average molecular weight is 308 g/mol. The minimum absolute atomic E-state index is 0.0348. The zero-order valence-electron chi connectivity index (χ0n) is 13.5. The Labute approximate surface area is 136 Å². The third-order valence-electron chi connectivity index (χ3n) is 3.94. The van der Waals surface area contributed by atoms with Gasteiger partial charge in [-0.1, -0.05) is 5.57 Å². The normalized spacial score (nSPS) is 19.0. The van der Waals surface area contributed by atoms with Crippen LogP contribution in [-0.2, 0) is 0 Å². The predicted molar refractivity (Wildman–Crippen MR) is 88.6 cm³/mol. The van der Waals surface area contributed by atoms with E-state index in [-0.39, 0.29) is 11.9 Å². The van der Waals surface area contributed by atoms with Crippen molar-refractivity contribution in [1.29, 1.82) is 0 Å². The van der Waals surface area contributed by atoms with Crippen molar-refractivity contribution >= 4 is 5.78 Å². The van der Waals surface area contributed by atoms with E-state index in [1.165, 1.54) is 0 Å². The minimum atomic E-state index is 0.0348. The molecule has 0 aromatic carbocycles. The second-order valence-electron chi connectivity index (χ2n) is 6.01. The van der Waals surface area contributed by atoms with Crippen LogP contribution in [0.1, 0.15) is 40.9 Å². The van der Waals surface area contributed by atoms with Crippen LogP contribution in [0.4, 0.5) is 0 Å². The van der Waals surface area contributed by atoms with Crippen molar-refractivity contribution in [2.24, 2.45) is 0 Å². The number of aromatic nitrogens is 2. The maximum atomic E-state index is 12.2. The molecule has 0 bridgehead atoms. The quantitative estimate of drug-likeness (QED) is 0.636. The largest absolute Gasteiger partial charge is 0.474 e. The fourth-order valence-electron chi connectivity index (χ4n) is 2.89. The van der Waals surface area contributed by atoms with Gasteiger partial charge in [0.05, 0.1) is 0 Å². The second kappa shape index (κ2) is 6.73. The molecule has 2 heterocycles. The lowest BCUT2D eigenvalue weighted by molar-refractivity contribution is 0.104. The lowest BCUT2D eigenvalue weighted by Crippen LogP contribution is -2.12. The molecule has 0 unspecified atom stereocenters. The number of rotatable bonds is 4. The Morgan fingerprint density at radius 3 is 2.78 bits per heavy atom. The van der Waals surface area contributed by atoms with E-state index in [0.29, 0.717) is 11.4 Å². The van der Waals surface area contributed by atoms with Crippen LogP contribution in [0.3, 0.4) is 0 Å². The Bertz CT molecular complexity index is 718. The second-order valence-corrected chi connectivity index (χ2v) is 6.01. The number of allylic oxidation sites excluding steroid dienone is 1. The number of nitrogens with zero attached hydrogens (tertiary/aromatic N) is 2. The molecule has 118 valence electrons. The van der Waals surface area contributed by atoms with Crippen molar-refractivity contribution in [3.05, 3.63) is 65.1 Å². The summed E-state index contributed by atoms with van der Waals surface area (Å²) < 4.78 is 5.98. The molecule has 23 heavy (non-hydrogen) atoms. The fraction of sp³-hybridized carbons (Fsp3) is 0.316. The molecular weight excluding hydrogens is 288 g/mol. The standard InChI is InChI=1S/C19H20N2O2/c1-13-9-14(2)21-19(10-13)23-17-4-3-15(11-17)12-18(22)16-5-7-20-8-6-16/h5-10,12,17H,3-4,11H2,1-2H3/b15-12+/t17-/m1/s1. The summed E-state index contributed by atoms with van der Waals surface area (Å²) in [4.78, 5) is 20.5. The number of pyridine rings is 2. The smallest absolute Gasteiger partial charge is 0.213 e. The van der Waals surface area contributed by atoms with Gasteiger partial charge in [-0.25, -0.2) is 4.98 Å². The summed E-state index contributed by atoms with van der Waals surface area (Å²) in [6.07, 6.45) is 7.71. The first-order chi connectivity index (χ1) is 11.1. The number of aryl methyl sites for hydroxylation is 2. The SMILES string of the molecule is Cc1cc(C)nc(O[C@@H]2CC/C(=C\C(=O)c3ccncc3)C2)c1. The highest BCUT2D eigenvalue weighted by Gasteiger charge is 2.22. The van der Waals surface area contributed by atoms with E-state index in [2.05, 4.69) is 9.97 Å². The van der Waals surface area contributed by atoms with Gasteiger partial charge in [0, 0.05) is 36.1 Å². The van der Waals surface area contributed by atoms with Gasteiger partial charge in [-0.3, -0.25) is 9.78 Å². The molecule has 0 aliphatic heterocycles. The highest BCUT2D eigenvalue weighted by atomic mass is 16.5. The van der Waals surface area contributed by atoms with Crippen molar-refractivity contribution in [3.63, 3.8) is 0 Å². The van der Waals surface area contributed by atoms with Crippen molar-refractivity contribution in [1.82, 2.24) is 9.97 Å². The maximum absolute atomic E-state index is 12.2. The first-order valence-electron chi connectivity index (χ1n) is 7.86. The van der Waals surface area contributed by atoms with E-state index in [9.17, 15) is 4.79 Å². The van der Waals surface area contributed by atoms with Gasteiger partial charge < -0.3 is 4.74 Å². The molecule has 1 fully saturated rings. The molecule has 1 aliphatic rings. The Morgan fingerprint density at radius 2 is 2.04 bits per heavy atom. The molecule has 0 amide bonds. The Kier molecular flexibility index (Phi) is 4.51. The third-order valence-corrected chi connectivity index (χ3v) is 3.94. The maximum Gasteiger partial charge on any atom is 0.213 e. The third kappa shape index (κ3) is 4.03. The molecule has 1 atom stereocenters. The van der Waals surface area contributed by atoms with Crippen LogP contribution >= 0.6 is 0 Å². The predicted octanol–water partition coefficient (Wildman–Crippen LogP) is 3.83. The summed E-state index contributed by atoms with van der Waals surface area (Å²) in [6, 6.07) is 7.46. The molecule has 4 heteroatoms. The molecule has 1 saturated carbocycles. The van der Waals surface area contributed by atoms with Crippen LogP contribution < -0.4 is 4.74 Å². The van der Waals surface area contributed by atoms with E-state index >= 15 is 0 Å². The van der Waals surface area contributed by atoms with Crippen LogP contribution in [0.5, 0.6) is 5.88 Å². The van der Waals surface area contributed by atoms with Gasteiger partial charge in [-0.05, 0) is 56.5 Å². The molecule has 3 rings (SSSR count). The number of carbonyl (C=O) groups excluding carboxylic acids is 1. The number of hydrogen-bond donors (Lipinski definition) is 0. The van der Waals surface area contributed by atoms with Gasteiger partial charge in [-0.15, -0.1) is 0 Å².